The van der Waals surface area contributed by atoms with Gasteiger partial charge in [0.05, 0.1) is 13.2 Å². The molecular formula is C13H29NO2. The second-order valence-corrected chi connectivity index (χ2v) is 4.53. The summed E-state index contributed by atoms with van der Waals surface area (Å²) in [7, 11) is 1.70. The molecule has 0 aromatic rings. The van der Waals surface area contributed by atoms with Gasteiger partial charge in [-0.25, -0.2) is 0 Å². The molecular weight excluding hydrogens is 202 g/mol. The molecule has 0 rings (SSSR count). The number of hydrogen-bond acceptors (Lipinski definition) is 3. The van der Waals surface area contributed by atoms with Crippen molar-refractivity contribution in [2.75, 3.05) is 33.5 Å². The highest BCUT2D eigenvalue weighted by Crippen LogP contribution is 2.05. The van der Waals surface area contributed by atoms with Crippen molar-refractivity contribution in [2.24, 2.45) is 5.92 Å². The normalized spacial score (nSPS) is 13.3. The van der Waals surface area contributed by atoms with E-state index < -0.39 is 0 Å². The molecule has 0 aliphatic carbocycles. The van der Waals surface area contributed by atoms with Gasteiger partial charge < -0.3 is 14.8 Å². The van der Waals surface area contributed by atoms with E-state index in [1.807, 2.05) is 0 Å². The van der Waals surface area contributed by atoms with Crippen LogP contribution in [0, 0.1) is 5.92 Å². The summed E-state index contributed by atoms with van der Waals surface area (Å²) in [5.74, 6) is 0.725. The Morgan fingerprint density at radius 3 is 2.38 bits per heavy atom. The Kier molecular flexibility index (Phi) is 11.3. The third-order valence-electron chi connectivity index (χ3n) is 2.80. The molecule has 0 aromatic heterocycles. The van der Waals surface area contributed by atoms with E-state index in [0.29, 0.717) is 19.3 Å². The number of methoxy groups -OCH3 is 1. The minimum absolute atomic E-state index is 0.661. The summed E-state index contributed by atoms with van der Waals surface area (Å²) in [5.41, 5.74) is 0. The molecule has 1 atom stereocenters. The Labute approximate surface area is 101 Å². The van der Waals surface area contributed by atoms with E-state index in [-0.39, 0.29) is 0 Å². The zero-order valence-electron chi connectivity index (χ0n) is 11.4. The molecule has 0 aliphatic rings. The smallest absolute Gasteiger partial charge is 0.0700 e. The van der Waals surface area contributed by atoms with Crippen LogP contribution in [0.25, 0.3) is 0 Å². The minimum Gasteiger partial charge on any atom is -0.382 e. The predicted octanol–water partition coefficient (Wildman–Crippen LogP) is 2.45. The van der Waals surface area contributed by atoms with Gasteiger partial charge in [0.25, 0.3) is 0 Å². The molecule has 0 fully saturated rings. The zero-order chi connectivity index (χ0) is 12.2. The Hall–Kier alpha value is -0.120. The summed E-state index contributed by atoms with van der Waals surface area (Å²) in [5, 5.41) is 3.59. The van der Waals surface area contributed by atoms with Gasteiger partial charge in [-0.2, -0.15) is 0 Å². The Morgan fingerprint density at radius 1 is 1.06 bits per heavy atom. The van der Waals surface area contributed by atoms with E-state index in [0.717, 1.165) is 25.5 Å². The molecule has 1 N–H and O–H groups in total. The van der Waals surface area contributed by atoms with Crippen LogP contribution in [0.1, 0.15) is 40.0 Å². The largest absolute Gasteiger partial charge is 0.382 e. The standard InChI is InChI=1S/C13H29NO2/c1-5-13(12(2)3)14-8-6-7-9-16-11-10-15-4/h12-14H,5-11H2,1-4H3/t13-/m0/s1. The minimum atomic E-state index is 0.661. The lowest BCUT2D eigenvalue weighted by atomic mass is 10.0. The number of hydrogen-bond donors (Lipinski definition) is 1. The van der Waals surface area contributed by atoms with Crippen molar-refractivity contribution in [1.29, 1.82) is 0 Å². The molecule has 0 saturated heterocycles. The predicted molar refractivity (Wildman–Crippen MR) is 68.8 cm³/mol. The maximum atomic E-state index is 5.40. The molecule has 3 nitrogen and oxygen atoms in total. The zero-order valence-corrected chi connectivity index (χ0v) is 11.4. The summed E-state index contributed by atoms with van der Waals surface area (Å²) in [6, 6.07) is 0.661. The first-order valence-corrected chi connectivity index (χ1v) is 6.52. The molecule has 98 valence electrons. The summed E-state index contributed by atoms with van der Waals surface area (Å²) in [4.78, 5) is 0. The van der Waals surface area contributed by atoms with E-state index in [1.54, 1.807) is 7.11 Å². The molecule has 0 spiro atoms. The van der Waals surface area contributed by atoms with Crippen LogP contribution in [0.2, 0.25) is 0 Å². The number of ether oxygens (including phenoxy) is 2. The van der Waals surface area contributed by atoms with Gasteiger partial charge in [-0.05, 0) is 31.7 Å². The van der Waals surface area contributed by atoms with Crippen molar-refractivity contribution < 1.29 is 9.47 Å². The summed E-state index contributed by atoms with van der Waals surface area (Å²) < 4.78 is 10.3. The third kappa shape index (κ3) is 9.13. The second-order valence-electron chi connectivity index (χ2n) is 4.53. The lowest BCUT2D eigenvalue weighted by Gasteiger charge is -2.20. The molecule has 0 bridgehead atoms. The van der Waals surface area contributed by atoms with Crippen LogP contribution >= 0.6 is 0 Å². The molecule has 16 heavy (non-hydrogen) atoms. The number of nitrogens with one attached hydrogen (secondary N) is 1. The van der Waals surface area contributed by atoms with Gasteiger partial charge in [0.15, 0.2) is 0 Å². The molecule has 0 radical (unpaired) electrons. The van der Waals surface area contributed by atoms with E-state index in [9.17, 15) is 0 Å². The lowest BCUT2D eigenvalue weighted by Crippen LogP contribution is -2.33. The van der Waals surface area contributed by atoms with Crippen molar-refractivity contribution in [3.63, 3.8) is 0 Å². The lowest BCUT2D eigenvalue weighted by molar-refractivity contribution is 0.0687. The van der Waals surface area contributed by atoms with E-state index in [4.69, 9.17) is 9.47 Å². The molecule has 0 unspecified atom stereocenters. The van der Waals surface area contributed by atoms with Gasteiger partial charge in [0.2, 0.25) is 0 Å². The molecule has 0 aromatic carbocycles. The average Bonchev–Trinajstić information content (AvgIpc) is 2.26. The maximum absolute atomic E-state index is 5.40. The van der Waals surface area contributed by atoms with Crippen LogP contribution in [-0.2, 0) is 9.47 Å². The van der Waals surface area contributed by atoms with E-state index in [1.165, 1.54) is 12.8 Å². The Balaban J connectivity index is 3.19. The van der Waals surface area contributed by atoms with Crippen molar-refractivity contribution in [3.8, 4) is 0 Å². The molecule has 0 heterocycles. The first-order chi connectivity index (χ1) is 7.72. The first kappa shape index (κ1) is 15.9. The highest BCUT2D eigenvalue weighted by Gasteiger charge is 2.08. The van der Waals surface area contributed by atoms with E-state index in [2.05, 4.69) is 26.1 Å². The summed E-state index contributed by atoms with van der Waals surface area (Å²) >= 11 is 0. The van der Waals surface area contributed by atoms with Crippen molar-refractivity contribution >= 4 is 0 Å². The highest BCUT2D eigenvalue weighted by molar-refractivity contribution is 4.67. The van der Waals surface area contributed by atoms with Crippen molar-refractivity contribution in [2.45, 2.75) is 46.1 Å². The highest BCUT2D eigenvalue weighted by atomic mass is 16.5. The number of unbranched alkanes of at least 4 members (excludes halogenated alkanes) is 1. The van der Waals surface area contributed by atoms with E-state index >= 15 is 0 Å². The molecule has 0 aliphatic heterocycles. The van der Waals surface area contributed by atoms with Crippen LogP contribution in [0.4, 0.5) is 0 Å². The van der Waals surface area contributed by atoms with Gasteiger partial charge in [0.1, 0.15) is 0 Å². The first-order valence-electron chi connectivity index (χ1n) is 6.52. The average molecular weight is 231 g/mol. The molecule has 0 amide bonds. The topological polar surface area (TPSA) is 30.5 Å². The van der Waals surface area contributed by atoms with Gasteiger partial charge >= 0.3 is 0 Å². The van der Waals surface area contributed by atoms with Gasteiger partial charge in [-0.3, -0.25) is 0 Å². The fourth-order valence-corrected chi connectivity index (χ4v) is 1.71. The molecule has 3 heteroatoms. The Bertz CT molecular complexity index is 140. The van der Waals surface area contributed by atoms with Crippen molar-refractivity contribution in [3.05, 3.63) is 0 Å². The third-order valence-corrected chi connectivity index (χ3v) is 2.80. The second kappa shape index (κ2) is 11.4. The fraction of sp³-hybridized carbons (Fsp3) is 1.00. The van der Waals surface area contributed by atoms with Gasteiger partial charge in [-0.1, -0.05) is 20.8 Å². The van der Waals surface area contributed by atoms with Crippen LogP contribution in [0.3, 0.4) is 0 Å². The quantitative estimate of drug-likeness (QED) is 0.554. The Morgan fingerprint density at radius 2 is 1.81 bits per heavy atom. The van der Waals surface area contributed by atoms with Gasteiger partial charge in [0, 0.05) is 19.8 Å². The SMILES string of the molecule is CC[C@H](NCCCCOCCOC)C(C)C. The molecule has 0 saturated carbocycles. The maximum Gasteiger partial charge on any atom is 0.0700 e. The van der Waals surface area contributed by atoms with Crippen LogP contribution in [-0.4, -0.2) is 39.5 Å². The van der Waals surface area contributed by atoms with Crippen LogP contribution in [0.15, 0.2) is 0 Å². The van der Waals surface area contributed by atoms with Crippen LogP contribution < -0.4 is 5.32 Å². The summed E-state index contributed by atoms with van der Waals surface area (Å²) in [6.45, 7) is 10.2. The fourth-order valence-electron chi connectivity index (χ4n) is 1.71. The van der Waals surface area contributed by atoms with Crippen molar-refractivity contribution in [1.82, 2.24) is 5.32 Å². The number of rotatable bonds is 11. The van der Waals surface area contributed by atoms with Crippen LogP contribution in [0.5, 0.6) is 0 Å². The summed E-state index contributed by atoms with van der Waals surface area (Å²) in [6.07, 6.45) is 3.53. The monoisotopic (exact) mass is 231 g/mol. The van der Waals surface area contributed by atoms with Gasteiger partial charge in [-0.15, -0.1) is 0 Å².